The van der Waals surface area contributed by atoms with Gasteiger partial charge in [-0.25, -0.2) is 0 Å². The second-order valence-corrected chi connectivity index (χ2v) is 4.94. The number of carbonyl (C=O) groups excluding carboxylic acids is 1. The van der Waals surface area contributed by atoms with E-state index in [2.05, 4.69) is 5.32 Å². The summed E-state index contributed by atoms with van der Waals surface area (Å²) in [6.07, 6.45) is 0. The van der Waals surface area contributed by atoms with Crippen LogP contribution in [0.15, 0.2) is 18.2 Å². The van der Waals surface area contributed by atoms with Gasteiger partial charge in [0.25, 0.3) is 5.91 Å². The van der Waals surface area contributed by atoms with Gasteiger partial charge in [0.1, 0.15) is 11.5 Å². The molecule has 1 rings (SSSR count). The molecule has 0 aromatic heterocycles. The molecule has 16 heavy (non-hydrogen) atoms. The molecule has 0 aliphatic carbocycles. The smallest absolute Gasteiger partial charge is 0.255 e. The quantitative estimate of drug-likeness (QED) is 0.670. The van der Waals surface area contributed by atoms with Crippen LogP contribution in [-0.4, -0.2) is 22.7 Å². The molecule has 4 nitrogen and oxygen atoms in total. The van der Waals surface area contributed by atoms with Gasteiger partial charge < -0.3 is 15.5 Å². The summed E-state index contributed by atoms with van der Waals surface area (Å²) >= 11 is 0. The zero-order chi connectivity index (χ0) is 12.3. The lowest BCUT2D eigenvalue weighted by Gasteiger charge is -2.18. The van der Waals surface area contributed by atoms with Crippen LogP contribution >= 0.6 is 0 Å². The number of carbonyl (C=O) groups is 1. The minimum atomic E-state index is -0.386. The molecule has 0 saturated heterocycles. The zero-order valence-electron chi connectivity index (χ0n) is 9.74. The molecule has 1 aromatic carbocycles. The van der Waals surface area contributed by atoms with Gasteiger partial charge in [-0.05, 0) is 23.6 Å². The van der Waals surface area contributed by atoms with Gasteiger partial charge in [-0.2, -0.15) is 0 Å². The number of amides is 1. The molecular weight excluding hydrogens is 206 g/mol. The number of phenolic OH excluding ortho intramolecular Hbond substituents is 2. The normalized spacial score (nSPS) is 11.2. The Morgan fingerprint density at radius 1 is 1.31 bits per heavy atom. The van der Waals surface area contributed by atoms with Gasteiger partial charge in [-0.1, -0.05) is 20.8 Å². The molecule has 0 unspecified atom stereocenters. The minimum absolute atomic E-state index is 0.0257. The number of nitrogens with one attached hydrogen (secondary N) is 1. The van der Waals surface area contributed by atoms with E-state index in [9.17, 15) is 15.0 Å². The fraction of sp³-hybridized carbons (Fsp3) is 0.417. The SMILES string of the molecule is CC(C)(C)CNC(=O)c1cc(O)ccc1O. The number of aromatic hydroxyl groups is 2. The number of phenols is 2. The average molecular weight is 223 g/mol. The topological polar surface area (TPSA) is 69.6 Å². The number of benzene rings is 1. The second kappa shape index (κ2) is 4.43. The van der Waals surface area contributed by atoms with Gasteiger partial charge in [0.05, 0.1) is 5.56 Å². The Labute approximate surface area is 94.9 Å². The third kappa shape index (κ3) is 3.46. The van der Waals surface area contributed by atoms with Crippen molar-refractivity contribution in [3.63, 3.8) is 0 Å². The van der Waals surface area contributed by atoms with Gasteiger partial charge in [0.15, 0.2) is 0 Å². The molecule has 3 N–H and O–H groups in total. The predicted molar refractivity (Wildman–Crippen MR) is 61.6 cm³/mol. The van der Waals surface area contributed by atoms with Crippen molar-refractivity contribution in [3.05, 3.63) is 23.8 Å². The van der Waals surface area contributed by atoms with Crippen LogP contribution in [0.5, 0.6) is 11.5 Å². The van der Waals surface area contributed by atoms with Crippen LogP contribution in [0, 0.1) is 5.41 Å². The Kier molecular flexibility index (Phi) is 3.42. The monoisotopic (exact) mass is 223 g/mol. The van der Waals surface area contributed by atoms with Crippen molar-refractivity contribution in [3.8, 4) is 11.5 Å². The summed E-state index contributed by atoms with van der Waals surface area (Å²) < 4.78 is 0. The molecule has 0 spiro atoms. The fourth-order valence-corrected chi connectivity index (χ4v) is 1.15. The lowest BCUT2D eigenvalue weighted by molar-refractivity contribution is 0.0936. The first-order chi connectivity index (χ1) is 7.29. The summed E-state index contributed by atoms with van der Waals surface area (Å²) in [5.41, 5.74) is 0.0616. The van der Waals surface area contributed by atoms with Crippen molar-refractivity contribution in [1.82, 2.24) is 5.32 Å². The fourth-order valence-electron chi connectivity index (χ4n) is 1.15. The predicted octanol–water partition coefficient (Wildman–Crippen LogP) is 1.87. The van der Waals surface area contributed by atoms with Crippen molar-refractivity contribution in [2.45, 2.75) is 20.8 Å². The Balaban J connectivity index is 2.77. The molecule has 1 aromatic rings. The summed E-state index contributed by atoms with van der Waals surface area (Å²) in [6.45, 7) is 6.49. The maximum atomic E-state index is 11.7. The van der Waals surface area contributed by atoms with Crippen LogP contribution in [0.4, 0.5) is 0 Å². The van der Waals surface area contributed by atoms with E-state index in [0.29, 0.717) is 6.54 Å². The molecule has 88 valence electrons. The number of rotatable bonds is 2. The van der Waals surface area contributed by atoms with E-state index in [1.165, 1.54) is 18.2 Å². The van der Waals surface area contributed by atoms with Gasteiger partial charge >= 0.3 is 0 Å². The number of hydrogen-bond donors (Lipinski definition) is 3. The Hall–Kier alpha value is -1.71. The molecule has 0 radical (unpaired) electrons. The summed E-state index contributed by atoms with van der Waals surface area (Å²) in [5.74, 6) is -0.564. The summed E-state index contributed by atoms with van der Waals surface area (Å²) in [4.78, 5) is 11.7. The van der Waals surface area contributed by atoms with Crippen LogP contribution < -0.4 is 5.32 Å². The molecule has 1 amide bonds. The highest BCUT2D eigenvalue weighted by atomic mass is 16.3. The highest BCUT2D eigenvalue weighted by Crippen LogP contribution is 2.22. The van der Waals surface area contributed by atoms with Gasteiger partial charge in [0.2, 0.25) is 0 Å². The van der Waals surface area contributed by atoms with Gasteiger partial charge in [0, 0.05) is 6.54 Å². The molecule has 0 heterocycles. The summed E-state index contributed by atoms with van der Waals surface area (Å²) in [6, 6.07) is 3.87. The van der Waals surface area contributed by atoms with E-state index in [4.69, 9.17) is 0 Å². The highest BCUT2D eigenvalue weighted by Gasteiger charge is 2.15. The zero-order valence-corrected chi connectivity index (χ0v) is 9.74. The molecule has 0 fully saturated rings. The van der Waals surface area contributed by atoms with Crippen molar-refractivity contribution in [2.75, 3.05) is 6.54 Å². The van der Waals surface area contributed by atoms with Crippen LogP contribution in [0.25, 0.3) is 0 Å². The maximum Gasteiger partial charge on any atom is 0.255 e. The van der Waals surface area contributed by atoms with E-state index in [1.807, 2.05) is 20.8 Å². The highest BCUT2D eigenvalue weighted by molar-refractivity contribution is 5.97. The van der Waals surface area contributed by atoms with E-state index in [-0.39, 0.29) is 28.4 Å². The number of hydrogen-bond acceptors (Lipinski definition) is 3. The van der Waals surface area contributed by atoms with Crippen molar-refractivity contribution in [2.24, 2.45) is 5.41 Å². The average Bonchev–Trinajstić information content (AvgIpc) is 2.17. The first kappa shape index (κ1) is 12.4. The van der Waals surface area contributed by atoms with Gasteiger partial charge in [-0.3, -0.25) is 4.79 Å². The maximum absolute atomic E-state index is 11.7. The minimum Gasteiger partial charge on any atom is -0.508 e. The van der Waals surface area contributed by atoms with Crippen LogP contribution in [0.2, 0.25) is 0 Å². The van der Waals surface area contributed by atoms with Crippen molar-refractivity contribution >= 4 is 5.91 Å². The van der Waals surface area contributed by atoms with Crippen LogP contribution in [-0.2, 0) is 0 Å². The van der Waals surface area contributed by atoms with Gasteiger partial charge in [-0.15, -0.1) is 0 Å². The third-order valence-electron chi connectivity index (χ3n) is 2.00. The van der Waals surface area contributed by atoms with Crippen molar-refractivity contribution < 1.29 is 15.0 Å². The van der Waals surface area contributed by atoms with E-state index >= 15 is 0 Å². The Morgan fingerprint density at radius 3 is 2.50 bits per heavy atom. The standard InChI is InChI=1S/C12H17NO3/c1-12(2,3)7-13-11(16)9-6-8(14)4-5-10(9)15/h4-6,14-15H,7H2,1-3H3,(H,13,16). The molecule has 0 atom stereocenters. The lowest BCUT2D eigenvalue weighted by Crippen LogP contribution is -2.32. The lowest BCUT2D eigenvalue weighted by atomic mass is 9.97. The third-order valence-corrected chi connectivity index (χ3v) is 2.00. The Morgan fingerprint density at radius 2 is 1.94 bits per heavy atom. The summed E-state index contributed by atoms with van der Waals surface area (Å²) in [5, 5.41) is 21.4. The first-order valence-electron chi connectivity index (χ1n) is 5.10. The molecular formula is C12H17NO3. The molecule has 4 heteroatoms. The van der Waals surface area contributed by atoms with Crippen LogP contribution in [0.3, 0.4) is 0 Å². The van der Waals surface area contributed by atoms with E-state index in [0.717, 1.165) is 0 Å². The van der Waals surface area contributed by atoms with E-state index < -0.39 is 0 Å². The second-order valence-electron chi connectivity index (χ2n) is 4.94. The molecule has 0 aliphatic rings. The van der Waals surface area contributed by atoms with E-state index in [1.54, 1.807) is 0 Å². The van der Waals surface area contributed by atoms with Crippen LogP contribution in [0.1, 0.15) is 31.1 Å². The Bertz CT molecular complexity index is 394. The molecule has 0 aliphatic heterocycles. The first-order valence-corrected chi connectivity index (χ1v) is 5.10. The molecule has 0 bridgehead atoms. The molecule has 0 saturated carbocycles. The van der Waals surface area contributed by atoms with Crippen molar-refractivity contribution in [1.29, 1.82) is 0 Å². The summed E-state index contributed by atoms with van der Waals surface area (Å²) in [7, 11) is 0. The largest absolute Gasteiger partial charge is 0.508 e.